The lowest BCUT2D eigenvalue weighted by Crippen LogP contribution is -2.25. The van der Waals surface area contributed by atoms with Gasteiger partial charge in [-0.05, 0) is 31.0 Å². The van der Waals surface area contributed by atoms with Crippen LogP contribution in [0, 0.1) is 5.82 Å². The Labute approximate surface area is 132 Å². The molecule has 0 unspecified atom stereocenters. The molecule has 0 saturated heterocycles. The van der Waals surface area contributed by atoms with Gasteiger partial charge in [-0.15, -0.1) is 0 Å². The Kier molecular flexibility index (Phi) is 3.67. The highest BCUT2D eigenvalue weighted by atomic mass is 19.1. The van der Waals surface area contributed by atoms with Gasteiger partial charge in [0.05, 0.1) is 12.8 Å². The van der Waals surface area contributed by atoms with E-state index in [1.54, 1.807) is 24.5 Å². The third kappa shape index (κ3) is 3.17. The Bertz CT molecular complexity index is 781. The highest BCUT2D eigenvalue weighted by Gasteiger charge is 2.30. The minimum Gasteiger partial charge on any atom is -0.461 e. The van der Waals surface area contributed by atoms with Crippen LogP contribution in [0.15, 0.2) is 51.6 Å². The number of aromatic nitrogens is 2. The monoisotopic (exact) mass is 313 g/mol. The van der Waals surface area contributed by atoms with Gasteiger partial charge in [0.2, 0.25) is 11.7 Å². The summed E-state index contributed by atoms with van der Waals surface area (Å²) in [5.41, 5.74) is 0.685. The van der Waals surface area contributed by atoms with Gasteiger partial charge < -0.3 is 8.94 Å². The van der Waals surface area contributed by atoms with Crippen LogP contribution in [-0.4, -0.2) is 21.1 Å². The van der Waals surface area contributed by atoms with Crippen molar-refractivity contribution in [1.29, 1.82) is 0 Å². The van der Waals surface area contributed by atoms with Crippen LogP contribution in [0.25, 0.3) is 11.6 Å². The van der Waals surface area contributed by atoms with E-state index in [1.807, 2.05) is 12.1 Å². The molecule has 1 aromatic carbocycles. The molecule has 1 aliphatic rings. The fraction of sp³-hybridized carbons (Fsp3) is 0.294. The van der Waals surface area contributed by atoms with Crippen LogP contribution >= 0.6 is 0 Å². The van der Waals surface area contributed by atoms with Gasteiger partial charge in [-0.1, -0.05) is 23.4 Å². The minimum absolute atomic E-state index is 0.181. The molecule has 0 radical (unpaired) electrons. The van der Waals surface area contributed by atoms with Gasteiger partial charge in [0.25, 0.3) is 0 Å². The quantitative estimate of drug-likeness (QED) is 0.695. The van der Waals surface area contributed by atoms with Crippen LogP contribution in [0.5, 0.6) is 0 Å². The number of furan rings is 1. The molecule has 2 heterocycles. The molecule has 4 rings (SSSR count). The van der Waals surface area contributed by atoms with Crippen molar-refractivity contribution in [3.63, 3.8) is 0 Å². The summed E-state index contributed by atoms with van der Waals surface area (Å²) < 4.78 is 24.4. The van der Waals surface area contributed by atoms with Crippen molar-refractivity contribution < 1.29 is 13.3 Å². The second-order valence-corrected chi connectivity index (χ2v) is 5.72. The highest BCUT2D eigenvalue weighted by Crippen LogP contribution is 2.30. The topological polar surface area (TPSA) is 55.3 Å². The molecule has 6 heteroatoms. The highest BCUT2D eigenvalue weighted by molar-refractivity contribution is 5.44. The first-order valence-corrected chi connectivity index (χ1v) is 7.63. The fourth-order valence-electron chi connectivity index (χ4n) is 2.60. The Balaban J connectivity index is 1.50. The Hall–Kier alpha value is -2.47. The first-order valence-electron chi connectivity index (χ1n) is 7.63. The number of halogens is 1. The summed E-state index contributed by atoms with van der Waals surface area (Å²) in [6.45, 7) is 1.04. The van der Waals surface area contributed by atoms with E-state index in [0.717, 1.165) is 12.8 Å². The third-order valence-electron chi connectivity index (χ3n) is 3.94. The lowest BCUT2D eigenvalue weighted by molar-refractivity contribution is 0.207. The molecule has 3 aromatic rings. The zero-order chi connectivity index (χ0) is 15.6. The summed E-state index contributed by atoms with van der Waals surface area (Å²) in [6.07, 6.45) is 3.81. The van der Waals surface area contributed by atoms with Gasteiger partial charge >= 0.3 is 0 Å². The average molecular weight is 313 g/mol. The molecule has 23 heavy (non-hydrogen) atoms. The van der Waals surface area contributed by atoms with E-state index in [-0.39, 0.29) is 5.82 Å². The number of rotatable bonds is 6. The molecule has 1 aliphatic carbocycles. The van der Waals surface area contributed by atoms with Gasteiger partial charge in [0.15, 0.2) is 5.76 Å². The van der Waals surface area contributed by atoms with Gasteiger partial charge in [-0.25, -0.2) is 4.39 Å². The first kappa shape index (κ1) is 14.1. The summed E-state index contributed by atoms with van der Waals surface area (Å²) in [6, 6.07) is 10.9. The average Bonchev–Trinajstić information content (AvgIpc) is 3.07. The number of benzene rings is 1. The molecular formula is C17H16FN3O2. The van der Waals surface area contributed by atoms with E-state index in [9.17, 15) is 4.39 Å². The maximum Gasteiger partial charge on any atom is 0.241 e. The van der Waals surface area contributed by atoms with E-state index >= 15 is 0 Å². The second kappa shape index (κ2) is 5.96. The van der Waals surface area contributed by atoms with Crippen molar-refractivity contribution >= 4 is 0 Å². The maximum absolute atomic E-state index is 13.9. The van der Waals surface area contributed by atoms with Crippen molar-refractivity contribution in [2.24, 2.45) is 0 Å². The third-order valence-corrected chi connectivity index (χ3v) is 3.94. The standard InChI is InChI=1S/C17H16FN3O2/c18-14-5-2-1-4-12(14)10-21(13-7-8-13)11-16-19-17(20-23-16)15-6-3-9-22-15/h1-6,9,13H,7-8,10-11H2. The van der Waals surface area contributed by atoms with Crippen LogP contribution in [0.2, 0.25) is 0 Å². The van der Waals surface area contributed by atoms with Crippen LogP contribution in [0.4, 0.5) is 4.39 Å². The maximum atomic E-state index is 13.9. The van der Waals surface area contributed by atoms with Crippen LogP contribution in [0.3, 0.4) is 0 Å². The molecule has 1 fully saturated rings. The van der Waals surface area contributed by atoms with Gasteiger partial charge in [-0.3, -0.25) is 4.90 Å². The summed E-state index contributed by atoms with van der Waals surface area (Å²) in [5, 5.41) is 3.94. The van der Waals surface area contributed by atoms with Crippen molar-refractivity contribution in [2.75, 3.05) is 0 Å². The molecule has 5 nitrogen and oxygen atoms in total. The molecule has 118 valence electrons. The first-order chi connectivity index (χ1) is 11.3. The molecule has 0 bridgehead atoms. The van der Waals surface area contributed by atoms with Gasteiger partial charge in [0, 0.05) is 18.2 Å². The number of hydrogen-bond donors (Lipinski definition) is 0. The zero-order valence-electron chi connectivity index (χ0n) is 12.5. The summed E-state index contributed by atoms with van der Waals surface area (Å²) in [4.78, 5) is 6.54. The minimum atomic E-state index is -0.181. The summed E-state index contributed by atoms with van der Waals surface area (Å²) in [5.74, 6) is 1.35. The Morgan fingerprint density at radius 1 is 1.13 bits per heavy atom. The predicted octanol–water partition coefficient (Wildman–Crippen LogP) is 3.63. The number of hydrogen-bond acceptors (Lipinski definition) is 5. The largest absolute Gasteiger partial charge is 0.461 e. The van der Waals surface area contributed by atoms with E-state index in [0.29, 0.717) is 42.2 Å². The summed E-state index contributed by atoms with van der Waals surface area (Å²) >= 11 is 0. The van der Waals surface area contributed by atoms with Crippen LogP contribution in [0.1, 0.15) is 24.3 Å². The summed E-state index contributed by atoms with van der Waals surface area (Å²) in [7, 11) is 0. The van der Waals surface area contributed by atoms with Crippen molar-refractivity contribution in [1.82, 2.24) is 15.0 Å². The molecule has 2 aromatic heterocycles. The van der Waals surface area contributed by atoms with E-state index in [4.69, 9.17) is 8.94 Å². The van der Waals surface area contributed by atoms with E-state index in [2.05, 4.69) is 15.0 Å². The normalized spacial score (nSPS) is 14.5. The van der Waals surface area contributed by atoms with Crippen molar-refractivity contribution in [3.05, 3.63) is 59.9 Å². The second-order valence-electron chi connectivity index (χ2n) is 5.72. The molecule has 0 spiro atoms. The molecule has 0 aliphatic heterocycles. The van der Waals surface area contributed by atoms with Gasteiger partial charge in [-0.2, -0.15) is 4.98 Å². The SMILES string of the molecule is Fc1ccccc1CN(Cc1nc(-c2ccco2)no1)C1CC1. The predicted molar refractivity (Wildman–Crippen MR) is 80.7 cm³/mol. The van der Waals surface area contributed by atoms with E-state index in [1.165, 1.54) is 6.07 Å². The molecule has 0 amide bonds. The molecule has 0 N–H and O–H groups in total. The fourth-order valence-corrected chi connectivity index (χ4v) is 2.60. The smallest absolute Gasteiger partial charge is 0.241 e. The molecule has 0 atom stereocenters. The number of nitrogens with zero attached hydrogens (tertiary/aromatic N) is 3. The lowest BCUT2D eigenvalue weighted by Gasteiger charge is -2.20. The lowest BCUT2D eigenvalue weighted by atomic mass is 10.2. The van der Waals surface area contributed by atoms with E-state index < -0.39 is 0 Å². The van der Waals surface area contributed by atoms with Crippen LogP contribution in [-0.2, 0) is 13.1 Å². The molecular weight excluding hydrogens is 297 g/mol. The van der Waals surface area contributed by atoms with Crippen molar-refractivity contribution in [2.45, 2.75) is 32.0 Å². The van der Waals surface area contributed by atoms with Gasteiger partial charge in [0.1, 0.15) is 5.82 Å². The van der Waals surface area contributed by atoms with Crippen molar-refractivity contribution in [3.8, 4) is 11.6 Å². The Morgan fingerprint density at radius 3 is 2.74 bits per heavy atom. The molecule has 1 saturated carbocycles. The Morgan fingerprint density at radius 2 is 2.00 bits per heavy atom. The van der Waals surface area contributed by atoms with Crippen LogP contribution < -0.4 is 0 Å². The zero-order valence-corrected chi connectivity index (χ0v) is 12.5.